The fourth-order valence-corrected chi connectivity index (χ4v) is 2.24. The maximum absolute atomic E-state index is 13.2. The van der Waals surface area contributed by atoms with Crippen LogP contribution in [0.5, 0.6) is 0 Å². The molecule has 1 heterocycles. The summed E-state index contributed by atoms with van der Waals surface area (Å²) in [6.07, 6.45) is -9.86. The van der Waals surface area contributed by atoms with Gasteiger partial charge in [-0.15, -0.1) is 0 Å². The summed E-state index contributed by atoms with van der Waals surface area (Å²) >= 11 is 0. The maximum Gasteiger partial charge on any atom is 0.450 e. The van der Waals surface area contributed by atoms with Gasteiger partial charge in [-0.1, -0.05) is 12.1 Å². The molecule has 0 saturated heterocycles. The van der Waals surface area contributed by atoms with Crippen molar-refractivity contribution in [2.45, 2.75) is 12.4 Å². The zero-order chi connectivity index (χ0) is 20.6. The van der Waals surface area contributed by atoms with Crippen molar-refractivity contribution in [3.05, 3.63) is 46.7 Å². The lowest BCUT2D eigenvalue weighted by atomic mass is 10.0. The molecule has 0 radical (unpaired) electrons. The second kappa shape index (κ2) is 6.97. The van der Waals surface area contributed by atoms with Gasteiger partial charge in [0.15, 0.2) is 0 Å². The third kappa shape index (κ3) is 3.91. The van der Waals surface area contributed by atoms with Crippen LogP contribution >= 0.6 is 0 Å². The minimum Gasteiger partial charge on any atom is -0.465 e. The Hall–Kier alpha value is -2.98. The van der Waals surface area contributed by atoms with Crippen LogP contribution in [0.2, 0.25) is 0 Å². The topological polar surface area (TPSA) is 65.7 Å². The largest absolute Gasteiger partial charge is 0.465 e. The number of furan rings is 1. The zero-order valence-corrected chi connectivity index (χ0v) is 13.6. The minimum atomic E-state index is -5.18. The number of hydrogen-bond acceptors (Lipinski definition) is 5. The van der Waals surface area contributed by atoms with Gasteiger partial charge in [-0.3, -0.25) is 0 Å². The lowest BCUT2D eigenvalue weighted by Crippen LogP contribution is -2.16. The van der Waals surface area contributed by atoms with Crippen LogP contribution in [0.25, 0.3) is 11.3 Å². The van der Waals surface area contributed by atoms with Crippen molar-refractivity contribution in [1.82, 2.24) is 0 Å². The summed E-state index contributed by atoms with van der Waals surface area (Å²) in [5, 5.41) is 0. The van der Waals surface area contributed by atoms with Crippen molar-refractivity contribution in [3.63, 3.8) is 0 Å². The van der Waals surface area contributed by atoms with Crippen molar-refractivity contribution >= 4 is 11.9 Å². The molecular weight excluding hydrogens is 386 g/mol. The van der Waals surface area contributed by atoms with Gasteiger partial charge in [-0.25, -0.2) is 9.59 Å². The molecule has 0 spiro atoms. The second-order valence-corrected chi connectivity index (χ2v) is 5.07. The molecule has 2 aromatic rings. The number of benzene rings is 1. The number of alkyl halides is 6. The summed E-state index contributed by atoms with van der Waals surface area (Å²) in [7, 11) is 1.63. The molecule has 0 N–H and O–H groups in total. The molecule has 0 unspecified atom stereocenters. The number of rotatable bonds is 3. The highest BCUT2D eigenvalue weighted by atomic mass is 19.4. The lowest BCUT2D eigenvalue weighted by Gasteiger charge is -2.07. The molecule has 0 amide bonds. The molecule has 0 saturated carbocycles. The van der Waals surface area contributed by atoms with Gasteiger partial charge in [-0.05, 0) is 12.1 Å². The van der Waals surface area contributed by atoms with Crippen molar-refractivity contribution < 1.29 is 49.8 Å². The Morgan fingerprint density at radius 2 is 1.30 bits per heavy atom. The van der Waals surface area contributed by atoms with Crippen LogP contribution in [0, 0.1) is 0 Å². The highest BCUT2D eigenvalue weighted by Crippen LogP contribution is 2.41. The van der Waals surface area contributed by atoms with Crippen LogP contribution < -0.4 is 0 Å². The predicted molar refractivity (Wildman–Crippen MR) is 76.8 cm³/mol. The van der Waals surface area contributed by atoms with Crippen LogP contribution in [0.15, 0.2) is 28.7 Å². The first-order valence-corrected chi connectivity index (χ1v) is 7.00. The van der Waals surface area contributed by atoms with Crippen LogP contribution in [-0.4, -0.2) is 26.2 Å². The van der Waals surface area contributed by atoms with Gasteiger partial charge in [0.1, 0.15) is 16.9 Å². The van der Waals surface area contributed by atoms with E-state index in [0.717, 1.165) is 26.4 Å². The zero-order valence-electron chi connectivity index (χ0n) is 13.6. The van der Waals surface area contributed by atoms with E-state index in [1.165, 1.54) is 0 Å². The van der Waals surface area contributed by atoms with Crippen LogP contribution in [0.3, 0.4) is 0 Å². The molecule has 0 aliphatic rings. The number of methoxy groups -OCH3 is 2. The summed E-state index contributed by atoms with van der Waals surface area (Å²) < 4.78 is 91.0. The quantitative estimate of drug-likeness (QED) is 0.562. The molecular formula is C16H10F6O5. The predicted octanol–water partition coefficient (Wildman–Crippen LogP) is 4.56. The van der Waals surface area contributed by atoms with Gasteiger partial charge in [0.05, 0.1) is 19.8 Å². The number of carbonyl (C=O) groups is 2. The average Bonchev–Trinajstić information content (AvgIpc) is 3.00. The normalized spacial score (nSPS) is 12.0. The molecule has 0 bridgehead atoms. The molecule has 0 atom stereocenters. The van der Waals surface area contributed by atoms with Crippen LogP contribution in [-0.2, 0) is 21.8 Å². The van der Waals surface area contributed by atoms with Crippen molar-refractivity contribution in [2.24, 2.45) is 0 Å². The summed E-state index contributed by atoms with van der Waals surface area (Å²) in [6.45, 7) is 0. The lowest BCUT2D eigenvalue weighted by molar-refractivity contribution is -0.153. The molecule has 1 aromatic heterocycles. The van der Waals surface area contributed by atoms with E-state index >= 15 is 0 Å². The van der Waals surface area contributed by atoms with E-state index in [0.29, 0.717) is 12.1 Å². The summed E-state index contributed by atoms with van der Waals surface area (Å²) in [6, 6.07) is 2.78. The van der Waals surface area contributed by atoms with E-state index < -0.39 is 52.5 Å². The first-order valence-electron chi connectivity index (χ1n) is 7.00. The second-order valence-electron chi connectivity index (χ2n) is 5.07. The highest BCUT2D eigenvalue weighted by Gasteiger charge is 2.45. The Morgan fingerprint density at radius 3 is 1.70 bits per heavy atom. The SMILES string of the molecule is COC(=O)c1c(-c2ccc(C(F)(F)F)cc2)oc(C(F)(F)F)c1C(=O)OC. The average molecular weight is 396 g/mol. The molecule has 0 aliphatic heterocycles. The first-order chi connectivity index (χ1) is 12.4. The molecule has 5 nitrogen and oxygen atoms in total. The number of esters is 2. The third-order valence-electron chi connectivity index (χ3n) is 3.42. The Morgan fingerprint density at radius 1 is 0.815 bits per heavy atom. The van der Waals surface area contributed by atoms with Gasteiger partial charge >= 0.3 is 24.3 Å². The number of carbonyl (C=O) groups excluding carboxylic acids is 2. The van der Waals surface area contributed by atoms with E-state index in [4.69, 9.17) is 0 Å². The summed E-state index contributed by atoms with van der Waals surface area (Å²) in [5.74, 6) is -5.48. The van der Waals surface area contributed by atoms with E-state index in [1.54, 1.807) is 0 Å². The van der Waals surface area contributed by atoms with E-state index in [1.807, 2.05) is 0 Å². The Bertz CT molecular complexity index is 861. The van der Waals surface area contributed by atoms with Crippen molar-refractivity contribution in [2.75, 3.05) is 14.2 Å². The van der Waals surface area contributed by atoms with Gasteiger partial charge < -0.3 is 13.9 Å². The third-order valence-corrected chi connectivity index (χ3v) is 3.42. The Kier molecular flexibility index (Phi) is 5.25. The standard InChI is InChI=1S/C16H10F6O5/c1-25-13(23)9-10(14(24)26-2)12(16(20,21)22)27-11(9)7-3-5-8(6-4-7)15(17,18)19/h3-6H,1-2H3. The molecule has 1 aromatic carbocycles. The molecule has 0 aliphatic carbocycles. The molecule has 0 fully saturated rings. The minimum absolute atomic E-state index is 0.302. The number of ether oxygens (including phenoxy) is 2. The van der Waals surface area contributed by atoms with E-state index in [-0.39, 0.29) is 5.56 Å². The number of hydrogen-bond donors (Lipinski definition) is 0. The van der Waals surface area contributed by atoms with Gasteiger partial charge in [0.25, 0.3) is 0 Å². The molecule has 11 heteroatoms. The van der Waals surface area contributed by atoms with Crippen LogP contribution in [0.1, 0.15) is 32.0 Å². The highest BCUT2D eigenvalue weighted by molar-refractivity contribution is 6.08. The fourth-order valence-electron chi connectivity index (χ4n) is 2.24. The summed E-state index contributed by atoms with van der Waals surface area (Å²) in [5.41, 5.74) is -3.51. The fraction of sp³-hybridized carbons (Fsp3) is 0.250. The van der Waals surface area contributed by atoms with E-state index in [2.05, 4.69) is 13.9 Å². The van der Waals surface area contributed by atoms with Crippen molar-refractivity contribution in [3.8, 4) is 11.3 Å². The van der Waals surface area contributed by atoms with Crippen LogP contribution in [0.4, 0.5) is 26.3 Å². The summed E-state index contributed by atoms with van der Waals surface area (Å²) in [4.78, 5) is 23.8. The monoisotopic (exact) mass is 396 g/mol. The van der Waals surface area contributed by atoms with E-state index in [9.17, 15) is 35.9 Å². The Balaban J connectivity index is 2.77. The molecule has 146 valence electrons. The van der Waals surface area contributed by atoms with Gasteiger partial charge in [-0.2, -0.15) is 26.3 Å². The number of halogens is 6. The molecule has 27 heavy (non-hydrogen) atoms. The van der Waals surface area contributed by atoms with Gasteiger partial charge in [0.2, 0.25) is 5.76 Å². The Labute approximate surface area is 147 Å². The molecule has 2 rings (SSSR count). The van der Waals surface area contributed by atoms with Gasteiger partial charge in [0, 0.05) is 5.56 Å². The first kappa shape index (κ1) is 20.3. The maximum atomic E-state index is 13.2. The van der Waals surface area contributed by atoms with Crippen molar-refractivity contribution in [1.29, 1.82) is 0 Å². The smallest absolute Gasteiger partial charge is 0.450 e.